The van der Waals surface area contributed by atoms with Crippen LogP contribution in [0, 0.1) is 5.92 Å². The first-order valence-corrected chi connectivity index (χ1v) is 9.57. The number of carbonyl (C=O) groups is 3. The van der Waals surface area contributed by atoms with Crippen molar-refractivity contribution in [3.05, 3.63) is 29.8 Å². The third-order valence-corrected chi connectivity index (χ3v) is 3.89. The Morgan fingerprint density at radius 3 is 2.10 bits per heavy atom. The Kier molecular flexibility index (Phi) is 8.94. The van der Waals surface area contributed by atoms with Gasteiger partial charge in [0.1, 0.15) is 23.4 Å². The molecule has 8 nitrogen and oxygen atoms in total. The Balaban J connectivity index is 3.00. The zero-order chi connectivity index (χ0) is 22.2. The van der Waals surface area contributed by atoms with E-state index in [2.05, 4.69) is 10.6 Å². The molecule has 0 unspecified atom stereocenters. The number of amides is 2. The van der Waals surface area contributed by atoms with Crippen LogP contribution in [0.4, 0.5) is 4.79 Å². The lowest BCUT2D eigenvalue weighted by Gasteiger charge is -2.25. The van der Waals surface area contributed by atoms with Gasteiger partial charge in [-0.05, 0) is 50.8 Å². The van der Waals surface area contributed by atoms with Crippen LogP contribution >= 0.6 is 0 Å². The van der Waals surface area contributed by atoms with E-state index in [1.54, 1.807) is 32.9 Å². The monoisotopic (exact) mass is 408 g/mol. The average molecular weight is 408 g/mol. The molecule has 0 aromatic heterocycles. The van der Waals surface area contributed by atoms with E-state index in [9.17, 15) is 19.5 Å². The highest BCUT2D eigenvalue weighted by atomic mass is 16.6. The quantitative estimate of drug-likeness (QED) is 0.570. The molecule has 0 saturated carbocycles. The van der Waals surface area contributed by atoms with Gasteiger partial charge in [0.2, 0.25) is 5.91 Å². The summed E-state index contributed by atoms with van der Waals surface area (Å²) >= 11 is 0. The number of hydrogen-bond acceptors (Lipinski definition) is 6. The molecule has 0 aliphatic heterocycles. The summed E-state index contributed by atoms with van der Waals surface area (Å²) in [6, 6.07) is 4.49. The van der Waals surface area contributed by atoms with Crippen molar-refractivity contribution in [3.63, 3.8) is 0 Å². The van der Waals surface area contributed by atoms with Crippen molar-refractivity contribution in [1.82, 2.24) is 10.6 Å². The summed E-state index contributed by atoms with van der Waals surface area (Å²) in [7, 11) is 1.26. The first-order chi connectivity index (χ1) is 13.4. The Morgan fingerprint density at radius 1 is 1.03 bits per heavy atom. The molecule has 29 heavy (non-hydrogen) atoms. The summed E-state index contributed by atoms with van der Waals surface area (Å²) in [5.74, 6) is -0.834. The number of aromatic hydroxyl groups is 1. The number of ether oxygens (including phenoxy) is 2. The van der Waals surface area contributed by atoms with Gasteiger partial charge in [-0.15, -0.1) is 0 Å². The molecule has 162 valence electrons. The molecule has 1 aromatic rings. The third-order valence-electron chi connectivity index (χ3n) is 3.89. The molecule has 0 heterocycles. The van der Waals surface area contributed by atoms with Crippen molar-refractivity contribution in [2.45, 2.75) is 65.1 Å². The maximum Gasteiger partial charge on any atom is 0.408 e. The van der Waals surface area contributed by atoms with Crippen LogP contribution in [-0.4, -0.2) is 47.9 Å². The van der Waals surface area contributed by atoms with E-state index in [1.807, 2.05) is 13.8 Å². The molecular weight excluding hydrogens is 376 g/mol. The fraction of sp³-hybridized carbons (Fsp3) is 0.571. The van der Waals surface area contributed by atoms with Crippen molar-refractivity contribution < 1.29 is 29.0 Å². The molecule has 2 amide bonds. The maximum absolute atomic E-state index is 12.9. The fourth-order valence-electron chi connectivity index (χ4n) is 2.63. The van der Waals surface area contributed by atoms with Gasteiger partial charge in [0, 0.05) is 6.42 Å². The van der Waals surface area contributed by atoms with Crippen LogP contribution in [0.2, 0.25) is 0 Å². The number of phenolic OH excluding ortho intramolecular Hbond substituents is 1. The zero-order valence-corrected chi connectivity index (χ0v) is 17.9. The van der Waals surface area contributed by atoms with E-state index < -0.39 is 35.7 Å². The van der Waals surface area contributed by atoms with Crippen molar-refractivity contribution in [2.75, 3.05) is 7.11 Å². The number of rotatable bonds is 8. The van der Waals surface area contributed by atoms with Crippen LogP contribution in [-0.2, 0) is 25.5 Å². The van der Waals surface area contributed by atoms with Crippen LogP contribution < -0.4 is 10.6 Å². The van der Waals surface area contributed by atoms with E-state index in [0.717, 1.165) is 5.56 Å². The second-order valence-electron chi connectivity index (χ2n) is 8.28. The van der Waals surface area contributed by atoms with Gasteiger partial charge in [0.25, 0.3) is 0 Å². The lowest BCUT2D eigenvalue weighted by Crippen LogP contribution is -2.53. The molecule has 0 bridgehead atoms. The molecule has 3 N–H and O–H groups in total. The Morgan fingerprint density at radius 2 is 1.62 bits per heavy atom. The Hall–Kier alpha value is -2.77. The van der Waals surface area contributed by atoms with Crippen LogP contribution in [0.25, 0.3) is 0 Å². The van der Waals surface area contributed by atoms with Crippen molar-refractivity contribution in [3.8, 4) is 5.75 Å². The Labute approximate surface area is 172 Å². The zero-order valence-electron chi connectivity index (χ0n) is 17.9. The van der Waals surface area contributed by atoms with Crippen molar-refractivity contribution >= 4 is 18.0 Å². The number of carbonyl (C=O) groups excluding carboxylic acids is 3. The van der Waals surface area contributed by atoms with Gasteiger partial charge >= 0.3 is 12.1 Å². The summed E-state index contributed by atoms with van der Waals surface area (Å²) in [6.45, 7) is 9.01. The van der Waals surface area contributed by atoms with E-state index in [-0.39, 0.29) is 18.1 Å². The molecule has 1 rings (SSSR count). The minimum atomic E-state index is -0.978. The predicted octanol–water partition coefficient (Wildman–Crippen LogP) is 2.53. The van der Waals surface area contributed by atoms with E-state index in [4.69, 9.17) is 9.47 Å². The predicted molar refractivity (Wildman–Crippen MR) is 108 cm³/mol. The number of alkyl carbamates (subject to hydrolysis) is 1. The van der Waals surface area contributed by atoms with E-state index in [0.29, 0.717) is 6.42 Å². The van der Waals surface area contributed by atoms with E-state index in [1.165, 1.54) is 19.2 Å². The van der Waals surface area contributed by atoms with Crippen molar-refractivity contribution in [1.29, 1.82) is 0 Å². The average Bonchev–Trinajstić information content (AvgIpc) is 2.59. The summed E-state index contributed by atoms with van der Waals surface area (Å²) in [5, 5.41) is 14.7. The summed E-state index contributed by atoms with van der Waals surface area (Å²) in [4.78, 5) is 37.2. The van der Waals surface area contributed by atoms with Gasteiger partial charge in [-0.3, -0.25) is 4.79 Å². The van der Waals surface area contributed by atoms with Crippen molar-refractivity contribution in [2.24, 2.45) is 5.92 Å². The topological polar surface area (TPSA) is 114 Å². The molecule has 2 atom stereocenters. The number of methoxy groups -OCH3 is 1. The maximum atomic E-state index is 12.9. The van der Waals surface area contributed by atoms with Crippen LogP contribution in [0.1, 0.15) is 46.6 Å². The molecule has 0 aliphatic rings. The van der Waals surface area contributed by atoms with E-state index >= 15 is 0 Å². The molecular formula is C21H32N2O6. The van der Waals surface area contributed by atoms with Gasteiger partial charge < -0.3 is 25.2 Å². The normalized spacial score (nSPS) is 13.3. The van der Waals surface area contributed by atoms with Gasteiger partial charge in [-0.25, -0.2) is 9.59 Å². The number of benzene rings is 1. The highest BCUT2D eigenvalue weighted by Crippen LogP contribution is 2.13. The minimum absolute atomic E-state index is 0.0949. The number of hydrogen-bond donors (Lipinski definition) is 3. The molecule has 0 saturated heterocycles. The summed E-state index contributed by atoms with van der Waals surface area (Å²) in [6.07, 6.45) is -0.188. The van der Waals surface area contributed by atoms with Gasteiger partial charge in [-0.1, -0.05) is 26.0 Å². The highest BCUT2D eigenvalue weighted by Gasteiger charge is 2.29. The SMILES string of the molecule is COC(=O)[C@H](CC(C)C)NC(=O)[C@H](Cc1ccc(O)cc1)NC(=O)OC(C)(C)C. The first-order valence-electron chi connectivity index (χ1n) is 9.57. The molecule has 8 heteroatoms. The third kappa shape index (κ3) is 9.32. The number of nitrogens with one attached hydrogen (secondary N) is 2. The van der Waals surface area contributed by atoms with Gasteiger partial charge in [0.05, 0.1) is 7.11 Å². The second-order valence-corrected chi connectivity index (χ2v) is 8.28. The minimum Gasteiger partial charge on any atom is -0.508 e. The van der Waals surface area contributed by atoms with Crippen LogP contribution in [0.3, 0.4) is 0 Å². The fourth-order valence-corrected chi connectivity index (χ4v) is 2.63. The van der Waals surface area contributed by atoms with Gasteiger partial charge in [-0.2, -0.15) is 0 Å². The smallest absolute Gasteiger partial charge is 0.408 e. The van der Waals surface area contributed by atoms with Crippen LogP contribution in [0.15, 0.2) is 24.3 Å². The number of esters is 1. The Bertz CT molecular complexity index is 694. The van der Waals surface area contributed by atoms with Crippen LogP contribution in [0.5, 0.6) is 5.75 Å². The van der Waals surface area contributed by atoms with Gasteiger partial charge in [0.15, 0.2) is 0 Å². The standard InChI is InChI=1S/C21H32N2O6/c1-13(2)11-17(19(26)28-6)22-18(25)16(23-20(27)29-21(3,4)5)12-14-7-9-15(24)10-8-14/h7-10,13,16-17,24H,11-12H2,1-6H3,(H,22,25)(H,23,27)/t16-,17-/m0/s1. The molecule has 0 fully saturated rings. The molecule has 0 aliphatic carbocycles. The molecule has 0 radical (unpaired) electrons. The summed E-state index contributed by atoms with van der Waals surface area (Å²) in [5.41, 5.74) is -0.00645. The second kappa shape index (κ2) is 10.7. The number of phenols is 1. The lowest BCUT2D eigenvalue weighted by atomic mass is 10.0. The lowest BCUT2D eigenvalue weighted by molar-refractivity contribution is -0.145. The summed E-state index contributed by atoms with van der Waals surface area (Å²) < 4.78 is 10.0. The molecule has 0 spiro atoms. The first kappa shape index (κ1) is 24.3. The largest absolute Gasteiger partial charge is 0.508 e. The molecule has 1 aromatic carbocycles. The highest BCUT2D eigenvalue weighted by molar-refractivity contribution is 5.89.